The molecule has 0 radical (unpaired) electrons. The molecule has 0 aliphatic heterocycles. The zero-order valence-corrected chi connectivity index (χ0v) is 71.8. The average molecular weight is 1630 g/mol. The molecule has 0 heterocycles. The first kappa shape index (κ1) is 112. The number of hydrogen-bond donors (Lipinski definition) is 0. The second-order valence-corrected chi connectivity index (χ2v) is 25.5. The van der Waals surface area contributed by atoms with Crippen LogP contribution in [0.1, 0.15) is 194 Å². The van der Waals surface area contributed by atoms with Crippen LogP contribution in [0.3, 0.4) is 0 Å². The van der Waals surface area contributed by atoms with Crippen molar-refractivity contribution in [3.05, 3.63) is 0 Å². The summed E-state index contributed by atoms with van der Waals surface area (Å²) in [6.45, 7) is 44.6. The molecule has 0 aromatic heterocycles. The van der Waals surface area contributed by atoms with Gasteiger partial charge in [0.05, 0.1) is 169 Å². The van der Waals surface area contributed by atoms with Crippen molar-refractivity contribution in [1.82, 2.24) is 34.3 Å². The number of esters is 13. The van der Waals surface area contributed by atoms with Crippen molar-refractivity contribution in [2.75, 3.05) is 235 Å². The number of carbonyl (C=O) groups excluding carboxylic acids is 13. The lowest BCUT2D eigenvalue weighted by Crippen LogP contribution is -2.39. The fourth-order valence-electron chi connectivity index (χ4n) is 10.1. The molecule has 0 saturated heterocycles. The maximum atomic E-state index is 11.8. The van der Waals surface area contributed by atoms with Crippen molar-refractivity contribution in [3.8, 4) is 0 Å². The van der Waals surface area contributed by atoms with E-state index in [1.54, 1.807) is 102 Å². The van der Waals surface area contributed by atoms with Gasteiger partial charge in [-0.15, -0.1) is 0 Å². The molecular weight excluding hydrogens is 1480 g/mol. The lowest BCUT2D eigenvalue weighted by atomic mass is 10.2. The molecule has 0 rings (SSSR count). The third kappa shape index (κ3) is 74.6. The van der Waals surface area contributed by atoms with E-state index in [0.717, 1.165) is 44.9 Å². The van der Waals surface area contributed by atoms with Crippen LogP contribution in [-0.2, 0) is 124 Å². The van der Waals surface area contributed by atoms with Crippen molar-refractivity contribution in [1.29, 1.82) is 0 Å². The van der Waals surface area contributed by atoms with Crippen molar-refractivity contribution < 1.29 is 124 Å². The van der Waals surface area contributed by atoms with Crippen LogP contribution in [0.25, 0.3) is 0 Å². The standard InChI is InChI=1S/C23H42N2O8.C22H40N2O8.C17H31NO6S.C16H32N2O4/c1-5-30-20(26)10-16-24(17-11-21(27)31-6-2)14-9-15-25(18-12-22(28)32-7-3)19-13-23(29)33-8-4;1-5-29-19(25)9-13-23(14-10-20(26)30-6-2)17-18-24(15-11-21(27)31-7-3)16-12-22(28)32-8-4;1-4-22-15(19)7-10-18(11-8-16(20)23-5-2)12-14-25-13-9-17(21)24-6-3;1-5-17(6-2)13-14-18(11-9-15(19)21-7-3)12-10-16(20)22-8-4/h5-19H2,1-4H3;5-18H2,1-4H3;4-14H2,1-3H3;5-14H2,1-4H3. The third-order valence-electron chi connectivity index (χ3n) is 15.9. The third-order valence-corrected chi connectivity index (χ3v) is 16.8. The summed E-state index contributed by atoms with van der Waals surface area (Å²) in [5.74, 6) is -1.81. The second-order valence-electron chi connectivity index (χ2n) is 24.3. The van der Waals surface area contributed by atoms with E-state index in [-0.39, 0.29) is 129 Å². The molecule has 654 valence electrons. The molecule has 0 aromatic rings. The summed E-state index contributed by atoms with van der Waals surface area (Å²) in [7, 11) is 0. The monoisotopic (exact) mass is 1630 g/mol. The number of carbonyl (C=O) groups is 13. The normalized spacial score (nSPS) is 10.8. The molecule has 33 nitrogen and oxygen atoms in total. The van der Waals surface area contributed by atoms with Crippen LogP contribution < -0.4 is 0 Å². The highest BCUT2D eigenvalue weighted by Gasteiger charge is 2.20. The molecular formula is C78H145N7O26S. The van der Waals surface area contributed by atoms with Gasteiger partial charge in [-0.2, -0.15) is 11.8 Å². The van der Waals surface area contributed by atoms with E-state index in [2.05, 4.69) is 23.6 Å². The summed E-state index contributed by atoms with van der Waals surface area (Å²) in [5.41, 5.74) is 0. The van der Waals surface area contributed by atoms with Gasteiger partial charge in [-0.05, 0) is 123 Å². The number of likely N-dealkylation sites (N-methyl/N-ethyl adjacent to an activating group) is 1. The molecule has 112 heavy (non-hydrogen) atoms. The van der Waals surface area contributed by atoms with Crippen molar-refractivity contribution in [2.24, 2.45) is 0 Å². The minimum atomic E-state index is -0.296. The highest BCUT2D eigenvalue weighted by molar-refractivity contribution is 7.99. The molecule has 34 heteroatoms. The molecule has 0 N–H and O–H groups in total. The van der Waals surface area contributed by atoms with E-state index in [0.29, 0.717) is 228 Å². The van der Waals surface area contributed by atoms with E-state index >= 15 is 0 Å². The fourth-order valence-corrected chi connectivity index (χ4v) is 11.0. The zero-order valence-electron chi connectivity index (χ0n) is 71.0. The summed E-state index contributed by atoms with van der Waals surface area (Å²) in [6, 6.07) is 0. The van der Waals surface area contributed by atoms with E-state index in [9.17, 15) is 62.3 Å². The number of nitrogens with zero attached hydrogens (tertiary/aromatic N) is 7. The SMILES string of the molecule is CCOC(=O)CCN(CCC(=O)OCC)CCN(CC)CC.CCOC(=O)CCN(CCC(=O)OCC)CCN(CCC(=O)OCC)CCC(=O)OCC.CCOC(=O)CCN(CCCN(CCC(=O)OCC)CCC(=O)OCC)CCC(=O)OCC.CCOC(=O)CCSCCN(CCC(=O)OCC)CCC(=O)OCC. The molecule has 0 atom stereocenters. The van der Waals surface area contributed by atoms with Crippen LogP contribution in [0.4, 0.5) is 0 Å². The molecule has 0 aliphatic rings. The van der Waals surface area contributed by atoms with Crippen molar-refractivity contribution in [3.63, 3.8) is 0 Å². The van der Waals surface area contributed by atoms with Crippen LogP contribution in [-0.4, -0.2) is 347 Å². The number of ether oxygens (including phenoxy) is 13. The van der Waals surface area contributed by atoms with E-state index in [1.165, 1.54) is 0 Å². The van der Waals surface area contributed by atoms with Gasteiger partial charge in [0.15, 0.2) is 0 Å². The van der Waals surface area contributed by atoms with Crippen molar-refractivity contribution in [2.45, 2.75) is 194 Å². The van der Waals surface area contributed by atoms with Crippen molar-refractivity contribution >= 4 is 89.4 Å². The predicted molar refractivity (Wildman–Crippen MR) is 425 cm³/mol. The zero-order chi connectivity index (χ0) is 84.8. The Kier molecular flexibility index (Phi) is 80.4. The summed E-state index contributed by atoms with van der Waals surface area (Å²) in [4.78, 5) is 166. The van der Waals surface area contributed by atoms with Crippen LogP contribution in [0.5, 0.6) is 0 Å². The largest absolute Gasteiger partial charge is 0.466 e. The quantitative estimate of drug-likeness (QED) is 0.0351. The topological polar surface area (TPSA) is 365 Å². The lowest BCUT2D eigenvalue weighted by Gasteiger charge is -2.27. The Bertz CT molecular complexity index is 2240. The van der Waals surface area contributed by atoms with Crippen LogP contribution >= 0.6 is 11.8 Å². The first-order chi connectivity index (χ1) is 53.8. The molecule has 0 unspecified atom stereocenters. The lowest BCUT2D eigenvalue weighted by molar-refractivity contribution is -0.145. The molecule has 0 saturated carbocycles. The summed E-state index contributed by atoms with van der Waals surface area (Å²) in [5, 5.41) is 0. The van der Waals surface area contributed by atoms with Gasteiger partial charge in [-0.25, -0.2) is 0 Å². The van der Waals surface area contributed by atoms with E-state index < -0.39 is 0 Å². The Morgan fingerprint density at radius 1 is 0.170 bits per heavy atom. The Labute approximate surface area is 673 Å². The van der Waals surface area contributed by atoms with Gasteiger partial charge >= 0.3 is 77.6 Å². The van der Waals surface area contributed by atoms with Gasteiger partial charge in [-0.1, -0.05) is 13.8 Å². The highest BCUT2D eigenvalue weighted by Crippen LogP contribution is 2.10. The molecule has 0 spiro atoms. The Balaban J connectivity index is -0.000000703. The fraction of sp³-hybridized carbons (Fsp3) is 0.833. The van der Waals surface area contributed by atoms with Gasteiger partial charge in [0.1, 0.15) is 0 Å². The number of rotatable bonds is 67. The van der Waals surface area contributed by atoms with Gasteiger partial charge in [-0.3, -0.25) is 62.3 Å². The van der Waals surface area contributed by atoms with E-state index in [1.807, 2.05) is 24.5 Å². The maximum absolute atomic E-state index is 11.8. The second kappa shape index (κ2) is 80.8. The first-order valence-corrected chi connectivity index (χ1v) is 41.6. The highest BCUT2D eigenvalue weighted by atomic mass is 32.2. The number of hydrogen-bond acceptors (Lipinski definition) is 34. The minimum Gasteiger partial charge on any atom is -0.466 e. The smallest absolute Gasteiger partial charge is 0.307 e. The summed E-state index contributed by atoms with van der Waals surface area (Å²) in [6.07, 6.45) is 4.24. The van der Waals surface area contributed by atoms with Crippen LogP contribution in [0, 0.1) is 0 Å². The van der Waals surface area contributed by atoms with Gasteiger partial charge < -0.3 is 95.9 Å². The van der Waals surface area contributed by atoms with Gasteiger partial charge in [0.25, 0.3) is 0 Å². The summed E-state index contributed by atoms with van der Waals surface area (Å²) < 4.78 is 64.6. The van der Waals surface area contributed by atoms with Gasteiger partial charge in [0.2, 0.25) is 0 Å². The summed E-state index contributed by atoms with van der Waals surface area (Å²) >= 11 is 1.65. The maximum Gasteiger partial charge on any atom is 0.307 e. The van der Waals surface area contributed by atoms with Crippen LogP contribution in [0.15, 0.2) is 0 Å². The number of thioether (sulfide) groups is 1. The van der Waals surface area contributed by atoms with Crippen LogP contribution in [0.2, 0.25) is 0 Å². The Morgan fingerprint density at radius 2 is 0.312 bits per heavy atom. The molecule has 0 fully saturated rings. The molecule has 0 aliphatic carbocycles. The Hall–Kier alpha value is -6.82. The molecule has 0 amide bonds. The predicted octanol–water partition coefficient (Wildman–Crippen LogP) is 6.61. The molecule has 0 bridgehead atoms. The Morgan fingerprint density at radius 3 is 0.473 bits per heavy atom. The van der Waals surface area contributed by atoms with E-state index in [4.69, 9.17) is 61.6 Å². The molecule has 0 aromatic carbocycles. The first-order valence-electron chi connectivity index (χ1n) is 40.5. The van der Waals surface area contributed by atoms with Gasteiger partial charge in [0, 0.05) is 123 Å². The minimum absolute atomic E-state index is 0.184. The average Bonchev–Trinajstić information content (AvgIpc) is 0.936.